The zero-order valence-electron chi connectivity index (χ0n) is 17.0. The molecule has 1 N–H and O–H groups in total. The van der Waals surface area contributed by atoms with Crippen LogP contribution in [0.25, 0.3) is 11.3 Å². The van der Waals surface area contributed by atoms with Crippen LogP contribution in [0.15, 0.2) is 58.8 Å². The molecular weight excluding hydrogens is 422 g/mol. The predicted octanol–water partition coefficient (Wildman–Crippen LogP) is 4.10. The number of benzene rings is 2. The highest BCUT2D eigenvalue weighted by molar-refractivity contribution is 7.89. The lowest BCUT2D eigenvalue weighted by atomic mass is 10.2. The molecule has 1 amide bonds. The second kappa shape index (κ2) is 9.38. The van der Waals surface area contributed by atoms with Crippen LogP contribution in [-0.4, -0.2) is 43.8 Å². The first-order chi connectivity index (χ1) is 14.4. The van der Waals surface area contributed by atoms with Crippen LogP contribution in [0.5, 0.6) is 5.75 Å². The third-order valence-corrected chi connectivity index (χ3v) is 7.39. The van der Waals surface area contributed by atoms with Crippen LogP contribution >= 0.6 is 11.3 Å². The Bertz CT molecular complexity index is 1100. The predicted molar refractivity (Wildman–Crippen MR) is 119 cm³/mol. The highest BCUT2D eigenvalue weighted by atomic mass is 32.2. The fourth-order valence-electron chi connectivity index (χ4n) is 2.89. The molecule has 9 heteroatoms. The number of ether oxygens (including phenoxy) is 1. The molecule has 0 aliphatic carbocycles. The van der Waals surface area contributed by atoms with Gasteiger partial charge in [0.2, 0.25) is 10.0 Å². The van der Waals surface area contributed by atoms with Crippen LogP contribution < -0.4 is 10.1 Å². The van der Waals surface area contributed by atoms with Crippen LogP contribution in [0.2, 0.25) is 0 Å². The third-order valence-electron chi connectivity index (χ3n) is 4.57. The van der Waals surface area contributed by atoms with E-state index in [9.17, 15) is 13.2 Å². The standard InChI is InChI=1S/C21H23N3O4S2/c1-4-24(5-2)30(26,27)18-12-8-16(9-13-18)20(25)23-21-22-19(14-29-21)15-6-10-17(28-3)11-7-15/h6-14H,4-5H2,1-3H3,(H,22,23,25). The minimum atomic E-state index is -3.55. The third kappa shape index (κ3) is 4.69. The maximum absolute atomic E-state index is 12.6. The first kappa shape index (κ1) is 21.9. The lowest BCUT2D eigenvalue weighted by molar-refractivity contribution is 0.102. The molecule has 0 saturated carbocycles. The Labute approximate surface area is 180 Å². The quantitative estimate of drug-likeness (QED) is 0.564. The van der Waals surface area contributed by atoms with Crippen molar-refractivity contribution < 1.29 is 17.9 Å². The highest BCUT2D eigenvalue weighted by Crippen LogP contribution is 2.27. The van der Waals surface area contributed by atoms with Crippen molar-refractivity contribution in [2.45, 2.75) is 18.7 Å². The molecule has 3 rings (SSSR count). The maximum atomic E-state index is 12.6. The van der Waals surface area contributed by atoms with Crippen molar-refractivity contribution in [1.29, 1.82) is 0 Å². The van der Waals surface area contributed by atoms with Crippen LogP contribution in [0.3, 0.4) is 0 Å². The molecule has 0 aliphatic heterocycles. The van der Waals surface area contributed by atoms with E-state index in [0.717, 1.165) is 17.0 Å². The molecule has 2 aromatic carbocycles. The minimum absolute atomic E-state index is 0.166. The van der Waals surface area contributed by atoms with E-state index in [-0.39, 0.29) is 10.8 Å². The molecule has 158 valence electrons. The second-order valence-corrected chi connectivity index (χ2v) is 9.13. The molecule has 0 bridgehead atoms. The molecule has 1 heterocycles. The van der Waals surface area contributed by atoms with Gasteiger partial charge in [-0.3, -0.25) is 10.1 Å². The first-order valence-corrected chi connectivity index (χ1v) is 11.7. The van der Waals surface area contributed by atoms with Crippen molar-refractivity contribution in [3.8, 4) is 17.0 Å². The minimum Gasteiger partial charge on any atom is -0.497 e. The van der Waals surface area contributed by atoms with Crippen molar-refractivity contribution in [2.24, 2.45) is 0 Å². The number of methoxy groups -OCH3 is 1. The Morgan fingerprint density at radius 1 is 1.07 bits per heavy atom. The largest absolute Gasteiger partial charge is 0.497 e. The number of carbonyl (C=O) groups is 1. The number of sulfonamides is 1. The fraction of sp³-hybridized carbons (Fsp3) is 0.238. The van der Waals surface area contributed by atoms with Gasteiger partial charge in [0.05, 0.1) is 17.7 Å². The molecule has 0 unspecified atom stereocenters. The number of anilines is 1. The van der Waals surface area contributed by atoms with Gasteiger partial charge in [-0.2, -0.15) is 4.31 Å². The number of rotatable bonds is 8. The van der Waals surface area contributed by atoms with Crippen molar-refractivity contribution in [3.05, 3.63) is 59.5 Å². The van der Waals surface area contributed by atoms with Crippen molar-refractivity contribution in [2.75, 3.05) is 25.5 Å². The van der Waals surface area contributed by atoms with Gasteiger partial charge in [0.1, 0.15) is 5.75 Å². The second-order valence-electron chi connectivity index (χ2n) is 6.33. The van der Waals surface area contributed by atoms with Gasteiger partial charge in [0, 0.05) is 29.6 Å². The lowest BCUT2D eigenvalue weighted by Gasteiger charge is -2.18. The summed E-state index contributed by atoms with van der Waals surface area (Å²) >= 11 is 1.32. The zero-order chi connectivity index (χ0) is 21.7. The summed E-state index contributed by atoms with van der Waals surface area (Å²) < 4.78 is 31.6. The van der Waals surface area contributed by atoms with Crippen LogP contribution in [-0.2, 0) is 10.0 Å². The Morgan fingerprint density at radius 3 is 2.27 bits per heavy atom. The number of hydrogen-bond donors (Lipinski definition) is 1. The number of nitrogens with zero attached hydrogens (tertiary/aromatic N) is 2. The van der Waals surface area contributed by atoms with Gasteiger partial charge in [-0.25, -0.2) is 13.4 Å². The average molecular weight is 446 g/mol. The Hall–Kier alpha value is -2.75. The van der Waals surface area contributed by atoms with Crippen molar-refractivity contribution >= 4 is 32.4 Å². The molecule has 3 aromatic rings. The summed E-state index contributed by atoms with van der Waals surface area (Å²) in [6.45, 7) is 4.36. The van der Waals surface area contributed by atoms with Gasteiger partial charge in [-0.1, -0.05) is 13.8 Å². The van der Waals surface area contributed by atoms with Gasteiger partial charge < -0.3 is 4.74 Å². The van der Waals surface area contributed by atoms with Crippen molar-refractivity contribution in [3.63, 3.8) is 0 Å². The smallest absolute Gasteiger partial charge is 0.257 e. The highest BCUT2D eigenvalue weighted by Gasteiger charge is 2.21. The monoisotopic (exact) mass is 445 g/mol. The van der Waals surface area contributed by atoms with E-state index in [1.807, 2.05) is 29.6 Å². The number of hydrogen-bond acceptors (Lipinski definition) is 6. The number of nitrogens with one attached hydrogen (secondary N) is 1. The molecule has 0 radical (unpaired) electrons. The lowest BCUT2D eigenvalue weighted by Crippen LogP contribution is -2.30. The Kier molecular flexibility index (Phi) is 6.86. The molecule has 1 aromatic heterocycles. The summed E-state index contributed by atoms with van der Waals surface area (Å²) in [5, 5.41) is 5.08. The molecule has 0 spiro atoms. The van der Waals surface area contributed by atoms with Gasteiger partial charge in [-0.15, -0.1) is 11.3 Å². The molecule has 0 fully saturated rings. The van der Waals surface area contributed by atoms with E-state index in [1.165, 1.54) is 39.9 Å². The Morgan fingerprint density at radius 2 is 1.70 bits per heavy atom. The normalized spacial score (nSPS) is 11.5. The van der Waals surface area contributed by atoms with E-state index in [4.69, 9.17) is 4.74 Å². The number of aromatic nitrogens is 1. The van der Waals surface area contributed by atoms with Crippen LogP contribution in [0, 0.1) is 0 Å². The molecule has 30 heavy (non-hydrogen) atoms. The summed E-state index contributed by atoms with van der Waals surface area (Å²) in [6, 6.07) is 13.4. The first-order valence-electron chi connectivity index (χ1n) is 9.40. The summed E-state index contributed by atoms with van der Waals surface area (Å²) in [4.78, 5) is 17.1. The summed E-state index contributed by atoms with van der Waals surface area (Å²) in [5.41, 5.74) is 2.02. The number of amides is 1. The Balaban J connectivity index is 1.71. The van der Waals surface area contributed by atoms with E-state index < -0.39 is 10.0 Å². The summed E-state index contributed by atoms with van der Waals surface area (Å²) in [7, 11) is -1.94. The van der Waals surface area contributed by atoms with E-state index in [2.05, 4.69) is 10.3 Å². The van der Waals surface area contributed by atoms with E-state index in [0.29, 0.717) is 23.8 Å². The zero-order valence-corrected chi connectivity index (χ0v) is 18.6. The molecule has 0 saturated heterocycles. The van der Waals surface area contributed by atoms with E-state index in [1.54, 1.807) is 21.0 Å². The topological polar surface area (TPSA) is 88.6 Å². The van der Waals surface area contributed by atoms with Gasteiger partial charge in [0.25, 0.3) is 5.91 Å². The summed E-state index contributed by atoms with van der Waals surface area (Å²) in [6.07, 6.45) is 0. The molecule has 7 nitrogen and oxygen atoms in total. The van der Waals surface area contributed by atoms with Gasteiger partial charge >= 0.3 is 0 Å². The molecule has 0 aliphatic rings. The van der Waals surface area contributed by atoms with Crippen LogP contribution in [0.1, 0.15) is 24.2 Å². The fourth-order valence-corrected chi connectivity index (χ4v) is 5.06. The molecule has 0 atom stereocenters. The SMILES string of the molecule is CCN(CC)S(=O)(=O)c1ccc(C(=O)Nc2nc(-c3ccc(OC)cc3)cs2)cc1. The summed E-state index contributed by atoms with van der Waals surface area (Å²) in [5.74, 6) is 0.409. The maximum Gasteiger partial charge on any atom is 0.257 e. The molecular formula is C21H23N3O4S2. The van der Waals surface area contributed by atoms with Gasteiger partial charge in [0.15, 0.2) is 5.13 Å². The van der Waals surface area contributed by atoms with Crippen LogP contribution in [0.4, 0.5) is 5.13 Å². The average Bonchev–Trinajstić information content (AvgIpc) is 3.23. The van der Waals surface area contributed by atoms with Crippen molar-refractivity contribution in [1.82, 2.24) is 9.29 Å². The number of thiazole rings is 1. The van der Waals surface area contributed by atoms with E-state index >= 15 is 0 Å². The van der Waals surface area contributed by atoms with Gasteiger partial charge in [-0.05, 0) is 48.5 Å². The number of carbonyl (C=O) groups excluding carboxylic acids is 1.